The Bertz CT molecular complexity index is 3370. The van der Waals surface area contributed by atoms with Crippen LogP contribution in [-0.2, 0) is 0 Å². The minimum absolute atomic E-state index is 0.499. The van der Waals surface area contributed by atoms with E-state index in [9.17, 15) is 0 Å². The fourth-order valence-electron chi connectivity index (χ4n) is 8.03. The van der Waals surface area contributed by atoms with Crippen LogP contribution in [0.25, 0.3) is 123 Å². The van der Waals surface area contributed by atoms with Crippen molar-refractivity contribution >= 4 is 54.4 Å². The van der Waals surface area contributed by atoms with Gasteiger partial charge in [-0.3, -0.25) is 29.9 Å². The third kappa shape index (κ3) is 5.46. The van der Waals surface area contributed by atoms with Crippen LogP contribution < -0.4 is 0 Å². The summed E-state index contributed by atoms with van der Waals surface area (Å²) in [6.45, 7) is 0. The van der Waals surface area contributed by atoms with Gasteiger partial charge in [-0.2, -0.15) is 0 Å². The predicted octanol–water partition coefficient (Wildman–Crippen LogP) is 9.63. The van der Waals surface area contributed by atoms with E-state index < -0.39 is 0 Å². The SMILES string of the molecule is c1cc(-c2nc(-c3ccncc3)nc(-c3ccc4ccc5c(-c6nc(-c7ccncc7)nc(-c7cccc8nccnc78)n6)ccc6ccc3c4c65)n2)c2nccnc2c1. The highest BCUT2D eigenvalue weighted by atomic mass is 15.0. The molecule has 278 valence electrons. The van der Waals surface area contributed by atoms with Crippen molar-refractivity contribution in [2.75, 3.05) is 0 Å². The van der Waals surface area contributed by atoms with E-state index in [1.807, 2.05) is 60.7 Å². The second-order valence-electron chi connectivity index (χ2n) is 14.2. The van der Waals surface area contributed by atoms with Gasteiger partial charge in [0.05, 0.1) is 22.1 Å². The Labute approximate surface area is 340 Å². The Morgan fingerprint density at radius 1 is 0.283 bits per heavy atom. The lowest BCUT2D eigenvalue weighted by molar-refractivity contribution is 1.07. The lowest BCUT2D eigenvalue weighted by Crippen LogP contribution is -2.02. The molecule has 0 amide bonds. The molecular formula is C48H26N12. The van der Waals surface area contributed by atoms with Gasteiger partial charge in [0.25, 0.3) is 0 Å². The molecule has 0 bridgehead atoms. The molecule has 12 aromatic rings. The Morgan fingerprint density at radius 3 is 1.12 bits per heavy atom. The van der Waals surface area contributed by atoms with E-state index in [-0.39, 0.29) is 0 Å². The highest BCUT2D eigenvalue weighted by Gasteiger charge is 2.21. The summed E-state index contributed by atoms with van der Waals surface area (Å²) in [4.78, 5) is 57.3. The van der Waals surface area contributed by atoms with Gasteiger partial charge in [-0.1, -0.05) is 48.5 Å². The van der Waals surface area contributed by atoms with Gasteiger partial charge in [0.1, 0.15) is 0 Å². The minimum atomic E-state index is 0.499. The number of hydrogen-bond donors (Lipinski definition) is 0. The summed E-state index contributed by atoms with van der Waals surface area (Å²) in [5.41, 5.74) is 7.84. The van der Waals surface area contributed by atoms with Crippen LogP contribution in [-0.4, -0.2) is 59.8 Å². The molecule has 0 aliphatic heterocycles. The Kier molecular flexibility index (Phi) is 7.53. The highest BCUT2D eigenvalue weighted by Crippen LogP contribution is 2.42. The first-order valence-corrected chi connectivity index (χ1v) is 19.2. The smallest absolute Gasteiger partial charge is 0.166 e. The molecule has 0 saturated heterocycles. The van der Waals surface area contributed by atoms with Gasteiger partial charge in [0.2, 0.25) is 0 Å². The normalized spacial score (nSPS) is 11.7. The van der Waals surface area contributed by atoms with Gasteiger partial charge in [0.15, 0.2) is 34.9 Å². The number of para-hydroxylation sites is 2. The molecule has 12 rings (SSSR count). The third-order valence-corrected chi connectivity index (χ3v) is 10.8. The molecule has 0 aliphatic carbocycles. The van der Waals surface area contributed by atoms with Crippen LogP contribution >= 0.6 is 0 Å². The molecule has 0 atom stereocenters. The van der Waals surface area contributed by atoms with E-state index in [2.05, 4.69) is 78.4 Å². The molecule has 0 radical (unpaired) electrons. The van der Waals surface area contributed by atoms with Crippen LogP contribution in [0.3, 0.4) is 0 Å². The predicted molar refractivity (Wildman–Crippen MR) is 231 cm³/mol. The quantitative estimate of drug-likeness (QED) is 0.148. The zero-order valence-corrected chi connectivity index (χ0v) is 31.4. The first kappa shape index (κ1) is 33.5. The second-order valence-corrected chi connectivity index (χ2v) is 14.2. The minimum Gasteiger partial charge on any atom is -0.265 e. The zero-order chi connectivity index (χ0) is 39.6. The fourth-order valence-corrected chi connectivity index (χ4v) is 8.03. The van der Waals surface area contributed by atoms with Crippen LogP contribution in [0.4, 0.5) is 0 Å². The van der Waals surface area contributed by atoms with Crippen molar-refractivity contribution in [1.29, 1.82) is 0 Å². The molecule has 0 N–H and O–H groups in total. The highest BCUT2D eigenvalue weighted by molar-refractivity contribution is 6.27. The monoisotopic (exact) mass is 770 g/mol. The van der Waals surface area contributed by atoms with Gasteiger partial charge in [-0.05, 0) is 93.0 Å². The molecule has 6 heterocycles. The topological polar surface area (TPSA) is 155 Å². The van der Waals surface area contributed by atoms with E-state index in [4.69, 9.17) is 29.9 Å². The summed E-state index contributed by atoms with van der Waals surface area (Å²) in [6.07, 6.45) is 13.7. The van der Waals surface area contributed by atoms with Gasteiger partial charge in [-0.25, -0.2) is 29.9 Å². The Morgan fingerprint density at radius 2 is 0.667 bits per heavy atom. The maximum Gasteiger partial charge on any atom is 0.166 e. The van der Waals surface area contributed by atoms with E-state index in [0.29, 0.717) is 46.0 Å². The number of hydrogen-bond acceptors (Lipinski definition) is 12. The lowest BCUT2D eigenvalue weighted by atomic mass is 9.89. The number of nitrogens with zero attached hydrogens (tertiary/aromatic N) is 12. The van der Waals surface area contributed by atoms with Gasteiger partial charge >= 0.3 is 0 Å². The number of benzene rings is 6. The van der Waals surface area contributed by atoms with Gasteiger partial charge in [-0.15, -0.1) is 0 Å². The van der Waals surface area contributed by atoms with Crippen LogP contribution in [0.15, 0.2) is 159 Å². The molecular weight excluding hydrogens is 745 g/mol. The molecule has 6 aromatic heterocycles. The van der Waals surface area contributed by atoms with Crippen LogP contribution in [0.1, 0.15) is 0 Å². The van der Waals surface area contributed by atoms with Gasteiger partial charge < -0.3 is 0 Å². The maximum atomic E-state index is 5.15. The van der Waals surface area contributed by atoms with Crippen molar-refractivity contribution in [3.8, 4) is 68.3 Å². The Hall–Kier alpha value is -8.64. The van der Waals surface area contributed by atoms with Gasteiger partial charge in [0, 0.05) is 83.0 Å². The van der Waals surface area contributed by atoms with Crippen molar-refractivity contribution in [3.63, 3.8) is 0 Å². The van der Waals surface area contributed by atoms with Crippen molar-refractivity contribution in [2.45, 2.75) is 0 Å². The molecule has 0 unspecified atom stereocenters. The van der Waals surface area contributed by atoms with E-state index in [1.165, 1.54) is 0 Å². The molecule has 60 heavy (non-hydrogen) atoms. The van der Waals surface area contributed by atoms with E-state index in [0.717, 1.165) is 76.7 Å². The summed E-state index contributed by atoms with van der Waals surface area (Å²) in [7, 11) is 0. The van der Waals surface area contributed by atoms with E-state index >= 15 is 0 Å². The summed E-state index contributed by atoms with van der Waals surface area (Å²) in [6, 6.07) is 36.4. The number of aromatic nitrogens is 12. The van der Waals surface area contributed by atoms with Crippen molar-refractivity contribution in [3.05, 3.63) is 159 Å². The molecule has 0 spiro atoms. The average molecular weight is 771 g/mol. The number of pyridine rings is 2. The maximum absolute atomic E-state index is 5.15. The molecule has 6 aromatic carbocycles. The van der Waals surface area contributed by atoms with Crippen molar-refractivity contribution in [2.24, 2.45) is 0 Å². The van der Waals surface area contributed by atoms with Crippen LogP contribution in [0.5, 0.6) is 0 Å². The lowest BCUT2D eigenvalue weighted by Gasteiger charge is -2.16. The summed E-state index contributed by atoms with van der Waals surface area (Å²) in [5, 5.41) is 6.34. The molecule has 0 fully saturated rings. The van der Waals surface area contributed by atoms with E-state index in [1.54, 1.807) is 49.6 Å². The fraction of sp³-hybridized carbons (Fsp3) is 0. The van der Waals surface area contributed by atoms with Crippen molar-refractivity contribution < 1.29 is 0 Å². The zero-order valence-electron chi connectivity index (χ0n) is 31.4. The molecule has 0 aliphatic rings. The van der Waals surface area contributed by atoms with Crippen molar-refractivity contribution in [1.82, 2.24) is 59.8 Å². The number of rotatable bonds is 6. The molecule has 12 nitrogen and oxygen atoms in total. The largest absolute Gasteiger partial charge is 0.265 e. The average Bonchev–Trinajstić information content (AvgIpc) is 3.33. The summed E-state index contributed by atoms with van der Waals surface area (Å²) >= 11 is 0. The van der Waals surface area contributed by atoms with Crippen LogP contribution in [0, 0.1) is 0 Å². The third-order valence-electron chi connectivity index (χ3n) is 10.8. The first-order chi connectivity index (χ1) is 29.7. The molecule has 0 saturated carbocycles. The number of fused-ring (bicyclic) bond motifs is 2. The van der Waals surface area contributed by atoms with Crippen LogP contribution in [0.2, 0.25) is 0 Å². The standard InChI is InChI=1S/C48H26N12/c1-3-35(41-37(5-1)51-23-25-53-41)47-57-43(29-15-19-49-20-16-29)55-45(59-47)33-13-9-27-8-12-32-34(14-10-28-7-11-31(33)39(27)40(28)32)46-56-44(30-17-21-50-22-18-30)58-48(60-46)36-4-2-6-38-42(36)54-26-24-52-38/h1-26H. The molecule has 12 heteroatoms. The second kappa shape index (κ2) is 13.5. The first-order valence-electron chi connectivity index (χ1n) is 19.2. The summed E-state index contributed by atoms with van der Waals surface area (Å²) in [5.74, 6) is 3.12. The Balaban J connectivity index is 1.09. The summed E-state index contributed by atoms with van der Waals surface area (Å²) < 4.78 is 0.